The van der Waals surface area contributed by atoms with Crippen molar-refractivity contribution < 1.29 is 14.3 Å². The van der Waals surface area contributed by atoms with Crippen LogP contribution in [0.15, 0.2) is 29.6 Å². The third kappa shape index (κ3) is 7.87. The van der Waals surface area contributed by atoms with Crippen molar-refractivity contribution in [2.24, 2.45) is 5.92 Å². The molecule has 0 atom stereocenters. The van der Waals surface area contributed by atoms with E-state index < -0.39 is 0 Å². The van der Waals surface area contributed by atoms with Crippen LogP contribution in [0.25, 0.3) is 0 Å². The molecular formula is C20H27ClN2O3S. The Balaban J connectivity index is 1.92. The molecular weight excluding hydrogens is 384 g/mol. The van der Waals surface area contributed by atoms with Crippen LogP contribution in [0.4, 0.5) is 0 Å². The van der Waals surface area contributed by atoms with Gasteiger partial charge in [0.2, 0.25) is 5.91 Å². The van der Waals surface area contributed by atoms with E-state index in [2.05, 4.69) is 18.8 Å². The number of hydrogen-bond donors (Lipinski definition) is 0. The lowest BCUT2D eigenvalue weighted by atomic mass is 10.1. The number of hydrogen-bond acceptors (Lipinski definition) is 5. The molecule has 1 heterocycles. The van der Waals surface area contributed by atoms with Gasteiger partial charge in [-0.25, -0.2) is 4.98 Å². The van der Waals surface area contributed by atoms with Crippen LogP contribution in [0.3, 0.4) is 0 Å². The lowest BCUT2D eigenvalue weighted by molar-refractivity contribution is -0.132. The monoisotopic (exact) mass is 410 g/mol. The first-order chi connectivity index (χ1) is 13.0. The molecule has 0 aliphatic carbocycles. The van der Waals surface area contributed by atoms with E-state index in [0.717, 1.165) is 22.9 Å². The van der Waals surface area contributed by atoms with Gasteiger partial charge in [0.15, 0.2) is 0 Å². The van der Waals surface area contributed by atoms with E-state index in [1.165, 1.54) is 0 Å². The fourth-order valence-corrected chi connectivity index (χ4v) is 3.35. The molecule has 0 aliphatic rings. The molecule has 0 bridgehead atoms. The summed E-state index contributed by atoms with van der Waals surface area (Å²) in [5.41, 5.74) is 0.893. The van der Waals surface area contributed by atoms with Crippen LogP contribution < -0.4 is 4.74 Å². The summed E-state index contributed by atoms with van der Waals surface area (Å²) in [5.74, 6) is 1.25. The first-order valence-electron chi connectivity index (χ1n) is 9.06. The number of amides is 1. The summed E-state index contributed by atoms with van der Waals surface area (Å²) in [6.07, 6.45) is 1.36. The number of carbonyl (C=O) groups is 1. The van der Waals surface area contributed by atoms with E-state index >= 15 is 0 Å². The Morgan fingerprint density at radius 1 is 1.30 bits per heavy atom. The summed E-state index contributed by atoms with van der Waals surface area (Å²) in [4.78, 5) is 19.0. The molecule has 0 saturated carbocycles. The standard InChI is InChI=1S/C20H27ClN2O3S/c1-15(2)11-20(24)23(9-4-10-25-3)12-17-14-27-19(22-17)13-26-18-7-5-16(21)6-8-18/h5-8,14-15H,4,9-13H2,1-3H3. The van der Waals surface area contributed by atoms with Gasteiger partial charge in [-0.3, -0.25) is 4.79 Å². The number of rotatable bonds is 11. The van der Waals surface area contributed by atoms with Crippen LogP contribution in [0, 0.1) is 5.92 Å². The molecule has 2 rings (SSSR count). The van der Waals surface area contributed by atoms with Crippen LogP contribution in [0.2, 0.25) is 5.02 Å². The smallest absolute Gasteiger partial charge is 0.223 e. The predicted molar refractivity (Wildman–Crippen MR) is 109 cm³/mol. The van der Waals surface area contributed by atoms with Gasteiger partial charge in [0.1, 0.15) is 17.4 Å². The van der Waals surface area contributed by atoms with Gasteiger partial charge in [-0.05, 0) is 36.6 Å². The van der Waals surface area contributed by atoms with Crippen molar-refractivity contribution >= 4 is 28.8 Å². The molecule has 7 heteroatoms. The van der Waals surface area contributed by atoms with E-state index in [1.807, 2.05) is 22.4 Å². The van der Waals surface area contributed by atoms with Gasteiger partial charge in [0.05, 0.1) is 12.2 Å². The molecule has 5 nitrogen and oxygen atoms in total. The zero-order chi connectivity index (χ0) is 19.6. The minimum atomic E-state index is 0.160. The Labute approximate surface area is 170 Å². The quantitative estimate of drug-likeness (QED) is 0.500. The normalized spacial score (nSPS) is 11.0. The van der Waals surface area contributed by atoms with E-state index in [4.69, 9.17) is 21.1 Å². The molecule has 1 aromatic carbocycles. The second-order valence-corrected chi connectivity index (χ2v) is 8.11. The average Bonchev–Trinajstić information content (AvgIpc) is 3.07. The molecule has 0 radical (unpaired) electrons. The summed E-state index contributed by atoms with van der Waals surface area (Å²) in [6, 6.07) is 7.25. The van der Waals surface area contributed by atoms with Crippen molar-refractivity contribution in [3.8, 4) is 5.75 Å². The average molecular weight is 411 g/mol. The summed E-state index contributed by atoms with van der Waals surface area (Å²) in [6.45, 7) is 6.35. The van der Waals surface area contributed by atoms with Crippen molar-refractivity contribution in [3.05, 3.63) is 45.4 Å². The Kier molecular flexibility index (Phi) is 9.04. The van der Waals surface area contributed by atoms with E-state index in [-0.39, 0.29) is 5.91 Å². The first kappa shape index (κ1) is 21.7. The topological polar surface area (TPSA) is 51.7 Å². The zero-order valence-corrected chi connectivity index (χ0v) is 17.7. The summed E-state index contributed by atoms with van der Waals surface area (Å²) in [7, 11) is 1.67. The number of carbonyl (C=O) groups excluding carboxylic acids is 1. The largest absolute Gasteiger partial charge is 0.486 e. The number of methoxy groups -OCH3 is 1. The molecule has 148 valence electrons. The molecule has 27 heavy (non-hydrogen) atoms. The molecule has 0 unspecified atom stereocenters. The minimum absolute atomic E-state index is 0.160. The minimum Gasteiger partial charge on any atom is -0.486 e. The fraction of sp³-hybridized carbons (Fsp3) is 0.500. The maximum Gasteiger partial charge on any atom is 0.223 e. The predicted octanol–water partition coefficient (Wildman–Crippen LogP) is 4.79. The van der Waals surface area contributed by atoms with Gasteiger partial charge in [0.25, 0.3) is 0 Å². The molecule has 2 aromatic rings. The molecule has 0 N–H and O–H groups in total. The highest BCUT2D eigenvalue weighted by Gasteiger charge is 2.16. The molecule has 1 amide bonds. The van der Waals surface area contributed by atoms with Gasteiger partial charge in [-0.2, -0.15) is 0 Å². The lowest BCUT2D eigenvalue weighted by Gasteiger charge is -2.22. The summed E-state index contributed by atoms with van der Waals surface area (Å²) in [5, 5.41) is 3.55. The van der Waals surface area contributed by atoms with Crippen molar-refractivity contribution in [3.63, 3.8) is 0 Å². The van der Waals surface area contributed by atoms with Crippen LogP contribution in [0.1, 0.15) is 37.4 Å². The summed E-state index contributed by atoms with van der Waals surface area (Å²) >= 11 is 7.42. The molecule has 0 saturated heterocycles. The van der Waals surface area contributed by atoms with Gasteiger partial charge in [-0.1, -0.05) is 25.4 Å². The number of ether oxygens (including phenoxy) is 2. The van der Waals surface area contributed by atoms with Crippen LogP contribution >= 0.6 is 22.9 Å². The van der Waals surface area contributed by atoms with Crippen LogP contribution in [-0.2, 0) is 22.7 Å². The van der Waals surface area contributed by atoms with Crippen molar-refractivity contribution in [1.29, 1.82) is 0 Å². The Morgan fingerprint density at radius 2 is 2.04 bits per heavy atom. The van der Waals surface area contributed by atoms with Gasteiger partial charge in [0, 0.05) is 37.1 Å². The molecule has 0 aliphatic heterocycles. The van der Waals surface area contributed by atoms with Crippen molar-refractivity contribution in [2.45, 2.75) is 39.8 Å². The fourth-order valence-electron chi connectivity index (χ4n) is 2.53. The Bertz CT molecular complexity index is 704. The Hall–Kier alpha value is -1.63. The number of thiazole rings is 1. The first-order valence-corrected chi connectivity index (χ1v) is 10.3. The number of aromatic nitrogens is 1. The summed E-state index contributed by atoms with van der Waals surface area (Å²) < 4.78 is 10.8. The maximum absolute atomic E-state index is 12.5. The highest BCUT2D eigenvalue weighted by molar-refractivity contribution is 7.09. The molecule has 0 fully saturated rings. The van der Waals surface area contributed by atoms with Crippen molar-refractivity contribution in [2.75, 3.05) is 20.3 Å². The van der Waals surface area contributed by atoms with E-state index in [0.29, 0.717) is 43.7 Å². The Morgan fingerprint density at radius 3 is 2.70 bits per heavy atom. The molecule has 1 aromatic heterocycles. The lowest BCUT2D eigenvalue weighted by Crippen LogP contribution is -2.33. The maximum atomic E-state index is 12.5. The van der Waals surface area contributed by atoms with E-state index in [1.54, 1.807) is 30.6 Å². The SMILES string of the molecule is COCCCN(Cc1csc(COc2ccc(Cl)cc2)n1)C(=O)CC(C)C. The highest BCUT2D eigenvalue weighted by atomic mass is 35.5. The van der Waals surface area contributed by atoms with Crippen LogP contribution in [0.5, 0.6) is 5.75 Å². The van der Waals surface area contributed by atoms with Gasteiger partial charge >= 0.3 is 0 Å². The second kappa shape index (κ2) is 11.3. The van der Waals surface area contributed by atoms with Crippen LogP contribution in [-0.4, -0.2) is 36.1 Å². The van der Waals surface area contributed by atoms with Gasteiger partial charge < -0.3 is 14.4 Å². The zero-order valence-electron chi connectivity index (χ0n) is 16.1. The second-order valence-electron chi connectivity index (χ2n) is 6.73. The number of halogens is 1. The van der Waals surface area contributed by atoms with Gasteiger partial charge in [-0.15, -0.1) is 11.3 Å². The van der Waals surface area contributed by atoms with E-state index in [9.17, 15) is 4.79 Å². The molecule has 0 spiro atoms. The van der Waals surface area contributed by atoms with Crippen molar-refractivity contribution in [1.82, 2.24) is 9.88 Å². The number of nitrogens with zero attached hydrogens (tertiary/aromatic N) is 2. The highest BCUT2D eigenvalue weighted by Crippen LogP contribution is 2.19. The third-order valence-electron chi connectivity index (χ3n) is 3.84. The number of benzene rings is 1. The third-order valence-corrected chi connectivity index (χ3v) is 4.96.